The molecule has 1 amide bonds. The molecule has 2 saturated heterocycles. The zero-order valence-electron chi connectivity index (χ0n) is 17.4. The Balaban J connectivity index is 1.42. The molecule has 2 aliphatic rings. The van der Waals surface area contributed by atoms with Crippen LogP contribution in [0.3, 0.4) is 0 Å². The second kappa shape index (κ2) is 9.58. The molecule has 0 unspecified atom stereocenters. The standard InChI is InChI=1S/C21H34N4O3/c1-21(2,25-12-14-28-15-13-25)17-22-20(26)16-23-8-10-24(11-9-23)18-6-4-5-7-19(18)27-3/h4-7H,8-17H2,1-3H3,(H,22,26). The van der Waals surface area contributed by atoms with Crippen molar-refractivity contribution < 1.29 is 14.3 Å². The number of rotatable bonds is 7. The van der Waals surface area contributed by atoms with Gasteiger partial charge in [-0.2, -0.15) is 0 Å². The molecule has 2 aliphatic heterocycles. The fourth-order valence-corrected chi connectivity index (χ4v) is 3.89. The van der Waals surface area contributed by atoms with E-state index in [2.05, 4.69) is 39.9 Å². The van der Waals surface area contributed by atoms with Gasteiger partial charge in [0.2, 0.25) is 5.91 Å². The number of nitrogens with zero attached hydrogens (tertiary/aromatic N) is 3. The van der Waals surface area contributed by atoms with Crippen molar-refractivity contribution in [3.05, 3.63) is 24.3 Å². The van der Waals surface area contributed by atoms with Gasteiger partial charge >= 0.3 is 0 Å². The van der Waals surface area contributed by atoms with E-state index in [1.54, 1.807) is 7.11 Å². The highest BCUT2D eigenvalue weighted by atomic mass is 16.5. The predicted octanol–water partition coefficient (Wildman–Crippen LogP) is 1.04. The maximum atomic E-state index is 12.5. The Bertz CT molecular complexity index is 638. The van der Waals surface area contributed by atoms with Crippen molar-refractivity contribution >= 4 is 11.6 Å². The van der Waals surface area contributed by atoms with Crippen LogP contribution >= 0.6 is 0 Å². The van der Waals surface area contributed by atoms with Gasteiger partial charge in [0.1, 0.15) is 5.75 Å². The number of benzene rings is 1. The topological polar surface area (TPSA) is 57.3 Å². The first-order chi connectivity index (χ1) is 13.5. The molecular formula is C21H34N4O3. The van der Waals surface area contributed by atoms with Crippen LogP contribution in [0.5, 0.6) is 5.75 Å². The first-order valence-corrected chi connectivity index (χ1v) is 10.2. The molecule has 3 rings (SSSR count). The number of carbonyl (C=O) groups is 1. The Kier molecular flexibility index (Phi) is 7.15. The molecule has 0 aromatic heterocycles. The van der Waals surface area contributed by atoms with E-state index >= 15 is 0 Å². The summed E-state index contributed by atoms with van der Waals surface area (Å²) in [7, 11) is 1.71. The van der Waals surface area contributed by atoms with Crippen LogP contribution in [0.1, 0.15) is 13.8 Å². The number of morpholine rings is 1. The third-order valence-corrected chi connectivity index (χ3v) is 5.75. The number of hydrogen-bond acceptors (Lipinski definition) is 6. The van der Waals surface area contributed by atoms with E-state index in [0.717, 1.165) is 63.9 Å². The lowest BCUT2D eigenvalue weighted by Gasteiger charge is -2.41. The van der Waals surface area contributed by atoms with E-state index in [1.807, 2.05) is 18.2 Å². The molecule has 0 aliphatic carbocycles. The van der Waals surface area contributed by atoms with Crippen molar-refractivity contribution in [1.82, 2.24) is 15.1 Å². The normalized spacial score (nSPS) is 19.5. The molecule has 2 fully saturated rings. The van der Waals surface area contributed by atoms with Crippen LogP contribution in [0.4, 0.5) is 5.69 Å². The van der Waals surface area contributed by atoms with E-state index in [1.165, 1.54) is 0 Å². The summed E-state index contributed by atoms with van der Waals surface area (Å²) in [5.74, 6) is 1.01. The Hall–Kier alpha value is -1.83. The van der Waals surface area contributed by atoms with Crippen molar-refractivity contribution in [2.24, 2.45) is 0 Å². The van der Waals surface area contributed by atoms with Gasteiger partial charge in [0.05, 0.1) is 32.6 Å². The number of hydrogen-bond donors (Lipinski definition) is 1. The molecule has 2 heterocycles. The molecular weight excluding hydrogens is 356 g/mol. The molecule has 0 radical (unpaired) electrons. The molecule has 0 atom stereocenters. The lowest BCUT2D eigenvalue weighted by Crippen LogP contribution is -2.56. The number of carbonyl (C=O) groups excluding carboxylic acids is 1. The van der Waals surface area contributed by atoms with Crippen LogP contribution in [-0.4, -0.2) is 93.9 Å². The van der Waals surface area contributed by atoms with Crippen molar-refractivity contribution in [1.29, 1.82) is 0 Å². The third-order valence-electron chi connectivity index (χ3n) is 5.75. The van der Waals surface area contributed by atoms with Crippen LogP contribution in [0.15, 0.2) is 24.3 Å². The summed E-state index contributed by atoms with van der Waals surface area (Å²) in [6, 6.07) is 8.11. The first-order valence-electron chi connectivity index (χ1n) is 10.2. The van der Waals surface area contributed by atoms with E-state index in [-0.39, 0.29) is 11.4 Å². The van der Waals surface area contributed by atoms with Gasteiger partial charge in [-0.1, -0.05) is 12.1 Å². The Morgan fingerprint density at radius 2 is 1.79 bits per heavy atom. The molecule has 0 saturated carbocycles. The fourth-order valence-electron chi connectivity index (χ4n) is 3.89. The molecule has 1 N–H and O–H groups in total. The summed E-state index contributed by atoms with van der Waals surface area (Å²) in [6.45, 7) is 12.4. The highest BCUT2D eigenvalue weighted by Crippen LogP contribution is 2.28. The summed E-state index contributed by atoms with van der Waals surface area (Å²) in [5, 5.41) is 3.13. The van der Waals surface area contributed by atoms with Crippen molar-refractivity contribution in [3.8, 4) is 5.75 Å². The molecule has 7 heteroatoms. The van der Waals surface area contributed by atoms with Crippen LogP contribution in [0, 0.1) is 0 Å². The zero-order valence-corrected chi connectivity index (χ0v) is 17.4. The SMILES string of the molecule is COc1ccccc1N1CCN(CC(=O)NCC(C)(C)N2CCOCC2)CC1. The van der Waals surface area contributed by atoms with E-state index in [4.69, 9.17) is 9.47 Å². The van der Waals surface area contributed by atoms with Crippen molar-refractivity contribution in [3.63, 3.8) is 0 Å². The largest absolute Gasteiger partial charge is 0.495 e. The van der Waals surface area contributed by atoms with Crippen LogP contribution in [0.2, 0.25) is 0 Å². The second-order valence-corrected chi connectivity index (χ2v) is 8.12. The molecule has 1 aromatic carbocycles. The van der Waals surface area contributed by atoms with Gasteiger partial charge in [0.15, 0.2) is 0 Å². The average molecular weight is 391 g/mol. The average Bonchev–Trinajstić information content (AvgIpc) is 2.73. The Morgan fingerprint density at radius 1 is 1.11 bits per heavy atom. The monoisotopic (exact) mass is 390 g/mol. The van der Waals surface area contributed by atoms with Gasteiger partial charge in [-0.15, -0.1) is 0 Å². The predicted molar refractivity (Wildman–Crippen MR) is 111 cm³/mol. The number of amides is 1. The maximum Gasteiger partial charge on any atom is 0.234 e. The third kappa shape index (κ3) is 5.37. The van der Waals surface area contributed by atoms with Gasteiger partial charge in [-0.3, -0.25) is 14.6 Å². The molecule has 28 heavy (non-hydrogen) atoms. The Morgan fingerprint density at radius 3 is 2.46 bits per heavy atom. The minimum absolute atomic E-state index is 0.0536. The number of ether oxygens (including phenoxy) is 2. The van der Waals surface area contributed by atoms with Crippen LogP contribution in [0.25, 0.3) is 0 Å². The molecule has 1 aromatic rings. The minimum atomic E-state index is -0.0536. The van der Waals surface area contributed by atoms with Gasteiger partial charge in [-0.25, -0.2) is 0 Å². The smallest absolute Gasteiger partial charge is 0.234 e. The number of methoxy groups -OCH3 is 1. The first kappa shape index (κ1) is 20.9. The summed E-state index contributed by atoms with van der Waals surface area (Å²) < 4.78 is 10.9. The fraction of sp³-hybridized carbons (Fsp3) is 0.667. The highest BCUT2D eigenvalue weighted by molar-refractivity contribution is 5.78. The number of anilines is 1. The van der Waals surface area contributed by atoms with Gasteiger partial charge in [0.25, 0.3) is 0 Å². The van der Waals surface area contributed by atoms with Crippen LogP contribution in [-0.2, 0) is 9.53 Å². The molecule has 156 valence electrons. The molecule has 0 spiro atoms. The summed E-state index contributed by atoms with van der Waals surface area (Å²) in [6.07, 6.45) is 0. The maximum absolute atomic E-state index is 12.5. The lowest BCUT2D eigenvalue weighted by atomic mass is 10.0. The summed E-state index contributed by atoms with van der Waals surface area (Å²) in [4.78, 5) is 19.4. The van der Waals surface area contributed by atoms with Crippen LogP contribution < -0.4 is 15.0 Å². The van der Waals surface area contributed by atoms with E-state index in [9.17, 15) is 4.79 Å². The second-order valence-electron chi connectivity index (χ2n) is 8.12. The van der Waals surface area contributed by atoms with E-state index in [0.29, 0.717) is 13.1 Å². The van der Waals surface area contributed by atoms with E-state index < -0.39 is 0 Å². The van der Waals surface area contributed by atoms with Gasteiger partial charge < -0.3 is 19.7 Å². The minimum Gasteiger partial charge on any atom is -0.495 e. The Labute approximate surface area is 168 Å². The highest BCUT2D eigenvalue weighted by Gasteiger charge is 2.29. The zero-order chi connectivity index (χ0) is 20.0. The molecule has 7 nitrogen and oxygen atoms in total. The number of piperazine rings is 1. The van der Waals surface area contributed by atoms with Gasteiger partial charge in [0, 0.05) is 51.4 Å². The van der Waals surface area contributed by atoms with Crippen molar-refractivity contribution in [2.45, 2.75) is 19.4 Å². The van der Waals surface area contributed by atoms with Crippen molar-refractivity contribution in [2.75, 3.05) is 77.6 Å². The van der Waals surface area contributed by atoms with Gasteiger partial charge in [-0.05, 0) is 26.0 Å². The lowest BCUT2D eigenvalue weighted by molar-refractivity contribution is -0.123. The summed E-state index contributed by atoms with van der Waals surface area (Å²) in [5.41, 5.74) is 1.07. The molecule has 0 bridgehead atoms. The summed E-state index contributed by atoms with van der Waals surface area (Å²) >= 11 is 0. The number of para-hydroxylation sites is 2. The number of nitrogens with one attached hydrogen (secondary N) is 1. The quantitative estimate of drug-likeness (QED) is 0.751.